The Morgan fingerprint density at radius 1 is 1.05 bits per heavy atom. The highest BCUT2D eigenvalue weighted by Crippen LogP contribution is 2.29. The van der Waals surface area contributed by atoms with Gasteiger partial charge in [0, 0.05) is 15.6 Å². The Hall–Kier alpha value is -2.33. The van der Waals surface area contributed by atoms with E-state index in [1.54, 1.807) is 36.4 Å². The van der Waals surface area contributed by atoms with Gasteiger partial charge >= 0.3 is 5.97 Å². The molecule has 1 aliphatic rings. The van der Waals surface area contributed by atoms with Crippen LogP contribution in [0.4, 0.5) is 0 Å². The van der Waals surface area contributed by atoms with E-state index < -0.39 is 5.97 Å². The second-order valence-corrected chi connectivity index (χ2v) is 5.48. The smallest absolute Gasteiger partial charge is 0.343 e. The number of ether oxygens (including phenoxy) is 1. The summed E-state index contributed by atoms with van der Waals surface area (Å²) in [5.74, 6) is 0.216. The van der Waals surface area contributed by atoms with Gasteiger partial charge in [-0.3, -0.25) is 0 Å². The van der Waals surface area contributed by atoms with Gasteiger partial charge in [-0.25, -0.2) is 4.79 Å². The number of halogens is 1. The Kier molecular flexibility index (Phi) is 3.62. The summed E-state index contributed by atoms with van der Waals surface area (Å²) in [6.45, 7) is 0. The minimum atomic E-state index is -0.420. The van der Waals surface area contributed by atoms with Gasteiger partial charge in [-0.2, -0.15) is 0 Å². The number of hydrogen-bond acceptors (Lipinski definition) is 3. The minimum absolute atomic E-state index is 0.128. The van der Waals surface area contributed by atoms with E-state index in [4.69, 9.17) is 4.74 Å². The Labute approximate surface area is 130 Å². The monoisotopic (exact) mass is 342 g/mol. The van der Waals surface area contributed by atoms with Crippen molar-refractivity contribution in [2.75, 3.05) is 0 Å². The number of phenolic OH excluding ortho intramolecular Hbond substituents is 1. The summed E-state index contributed by atoms with van der Waals surface area (Å²) in [7, 11) is 0. The van der Waals surface area contributed by atoms with Crippen LogP contribution in [0.15, 0.2) is 64.7 Å². The van der Waals surface area contributed by atoms with Crippen LogP contribution in [0.25, 0.3) is 11.8 Å². The molecule has 0 aliphatic carbocycles. The largest absolute Gasteiger partial charge is 0.507 e. The summed E-state index contributed by atoms with van der Waals surface area (Å²) in [4.78, 5) is 11.9. The number of cyclic esters (lactones) is 1. The molecule has 0 atom stereocenters. The summed E-state index contributed by atoms with van der Waals surface area (Å²) in [6, 6.07) is 14.3. The fourth-order valence-electron chi connectivity index (χ4n) is 2.02. The fourth-order valence-corrected chi connectivity index (χ4v) is 2.29. The maximum Gasteiger partial charge on any atom is 0.343 e. The summed E-state index contributed by atoms with van der Waals surface area (Å²) in [6.07, 6.45) is 3.29. The average molecular weight is 343 g/mol. The molecule has 0 spiro atoms. The lowest BCUT2D eigenvalue weighted by atomic mass is 10.1. The van der Waals surface area contributed by atoms with E-state index in [1.807, 2.05) is 24.3 Å². The van der Waals surface area contributed by atoms with Crippen LogP contribution in [0.3, 0.4) is 0 Å². The number of carbonyl (C=O) groups is 1. The third-order valence-corrected chi connectivity index (χ3v) is 3.63. The molecule has 2 aromatic rings. The van der Waals surface area contributed by atoms with Crippen molar-refractivity contribution in [3.05, 3.63) is 75.8 Å². The molecule has 2 aromatic carbocycles. The zero-order valence-electron chi connectivity index (χ0n) is 10.9. The van der Waals surface area contributed by atoms with Gasteiger partial charge in [0.05, 0.1) is 5.57 Å². The summed E-state index contributed by atoms with van der Waals surface area (Å²) in [5, 5.41) is 9.75. The third kappa shape index (κ3) is 2.90. The van der Waals surface area contributed by atoms with Crippen molar-refractivity contribution >= 4 is 33.7 Å². The molecular weight excluding hydrogens is 332 g/mol. The van der Waals surface area contributed by atoms with Gasteiger partial charge in [0.25, 0.3) is 0 Å². The van der Waals surface area contributed by atoms with E-state index in [0.717, 1.165) is 10.0 Å². The number of hydrogen-bond donors (Lipinski definition) is 1. The van der Waals surface area contributed by atoms with Crippen molar-refractivity contribution < 1.29 is 14.6 Å². The van der Waals surface area contributed by atoms with Gasteiger partial charge in [-0.1, -0.05) is 46.3 Å². The molecule has 1 aliphatic heterocycles. The van der Waals surface area contributed by atoms with Crippen molar-refractivity contribution in [2.24, 2.45) is 0 Å². The lowest BCUT2D eigenvalue weighted by Gasteiger charge is -2.01. The van der Waals surface area contributed by atoms with Crippen molar-refractivity contribution in [3.63, 3.8) is 0 Å². The zero-order chi connectivity index (χ0) is 14.8. The van der Waals surface area contributed by atoms with Crippen LogP contribution < -0.4 is 0 Å². The van der Waals surface area contributed by atoms with E-state index in [0.29, 0.717) is 16.9 Å². The van der Waals surface area contributed by atoms with E-state index in [-0.39, 0.29) is 5.75 Å². The van der Waals surface area contributed by atoms with Crippen LogP contribution in [0, 0.1) is 0 Å². The number of benzene rings is 2. The molecule has 1 N–H and O–H groups in total. The highest BCUT2D eigenvalue weighted by atomic mass is 79.9. The van der Waals surface area contributed by atoms with Crippen molar-refractivity contribution in [1.82, 2.24) is 0 Å². The zero-order valence-corrected chi connectivity index (χ0v) is 12.5. The molecule has 0 radical (unpaired) electrons. The maximum absolute atomic E-state index is 11.9. The first kappa shape index (κ1) is 13.6. The normalized spacial score (nSPS) is 16.0. The quantitative estimate of drug-likeness (QED) is 0.659. The van der Waals surface area contributed by atoms with Crippen LogP contribution in [-0.2, 0) is 9.53 Å². The molecule has 0 bridgehead atoms. The summed E-state index contributed by atoms with van der Waals surface area (Å²) >= 11 is 3.36. The molecule has 4 heteroatoms. The van der Waals surface area contributed by atoms with Crippen molar-refractivity contribution in [1.29, 1.82) is 0 Å². The number of para-hydroxylation sites is 1. The van der Waals surface area contributed by atoms with Crippen molar-refractivity contribution in [2.45, 2.75) is 0 Å². The molecule has 0 amide bonds. The summed E-state index contributed by atoms with van der Waals surface area (Å²) < 4.78 is 6.23. The summed E-state index contributed by atoms with van der Waals surface area (Å²) in [5.41, 5.74) is 1.82. The molecule has 0 saturated heterocycles. The number of rotatable bonds is 2. The molecule has 0 unspecified atom stereocenters. The van der Waals surface area contributed by atoms with E-state index in [1.165, 1.54) is 0 Å². The fraction of sp³-hybridized carbons (Fsp3) is 0. The van der Waals surface area contributed by atoms with Crippen LogP contribution in [0.1, 0.15) is 11.1 Å². The molecule has 3 nitrogen and oxygen atoms in total. The number of phenols is 1. The Morgan fingerprint density at radius 3 is 2.48 bits per heavy atom. The molecular formula is C17H11BrO3. The predicted octanol–water partition coefficient (Wildman–Crippen LogP) is 4.14. The van der Waals surface area contributed by atoms with Gasteiger partial charge in [-0.05, 0) is 30.4 Å². The Bertz CT molecular complexity index is 758. The number of aromatic hydroxyl groups is 1. The van der Waals surface area contributed by atoms with Gasteiger partial charge in [0.1, 0.15) is 11.5 Å². The van der Waals surface area contributed by atoms with E-state index >= 15 is 0 Å². The number of esters is 1. The minimum Gasteiger partial charge on any atom is -0.507 e. The van der Waals surface area contributed by atoms with Gasteiger partial charge in [-0.15, -0.1) is 0 Å². The third-order valence-electron chi connectivity index (χ3n) is 3.10. The maximum atomic E-state index is 11.9. The first-order chi connectivity index (χ1) is 10.1. The topological polar surface area (TPSA) is 46.5 Å². The highest BCUT2D eigenvalue weighted by Gasteiger charge is 2.22. The standard InChI is InChI=1S/C17H11BrO3/c18-14-7-5-11(6-8-14)16-10-13(17(20)21-16)9-12-3-1-2-4-15(12)19/h1-10,19H/b13-9-. The van der Waals surface area contributed by atoms with Crippen LogP contribution >= 0.6 is 15.9 Å². The second kappa shape index (κ2) is 5.58. The van der Waals surface area contributed by atoms with Gasteiger partial charge < -0.3 is 9.84 Å². The van der Waals surface area contributed by atoms with E-state index in [2.05, 4.69) is 15.9 Å². The first-order valence-corrected chi connectivity index (χ1v) is 7.12. The average Bonchev–Trinajstić information content (AvgIpc) is 2.83. The lowest BCUT2D eigenvalue weighted by Crippen LogP contribution is -1.97. The van der Waals surface area contributed by atoms with Crippen molar-refractivity contribution in [3.8, 4) is 5.75 Å². The SMILES string of the molecule is O=C1OC(c2ccc(Br)cc2)=C/C1=C/c1ccccc1O. The molecule has 0 aromatic heterocycles. The highest BCUT2D eigenvalue weighted by molar-refractivity contribution is 9.10. The number of carbonyl (C=O) groups excluding carboxylic acids is 1. The molecule has 21 heavy (non-hydrogen) atoms. The van der Waals surface area contributed by atoms with Gasteiger partial charge in [0.15, 0.2) is 0 Å². The van der Waals surface area contributed by atoms with Gasteiger partial charge in [0.2, 0.25) is 0 Å². The second-order valence-electron chi connectivity index (χ2n) is 4.56. The van der Waals surface area contributed by atoms with E-state index in [9.17, 15) is 9.90 Å². The lowest BCUT2D eigenvalue weighted by molar-refractivity contribution is -0.130. The van der Waals surface area contributed by atoms with Crippen LogP contribution in [0.2, 0.25) is 0 Å². The molecule has 3 rings (SSSR count). The Balaban J connectivity index is 1.96. The first-order valence-electron chi connectivity index (χ1n) is 6.33. The van der Waals surface area contributed by atoms with Crippen LogP contribution in [-0.4, -0.2) is 11.1 Å². The van der Waals surface area contributed by atoms with Crippen LogP contribution in [0.5, 0.6) is 5.75 Å². The molecule has 0 fully saturated rings. The predicted molar refractivity (Wildman–Crippen MR) is 84.3 cm³/mol. The molecule has 0 saturated carbocycles. The molecule has 1 heterocycles. The Morgan fingerprint density at radius 2 is 1.76 bits per heavy atom. The molecule has 104 valence electrons.